The van der Waals surface area contributed by atoms with E-state index in [1.165, 1.54) is 52.7 Å². The van der Waals surface area contributed by atoms with E-state index in [0.29, 0.717) is 28.0 Å². The lowest BCUT2D eigenvalue weighted by molar-refractivity contribution is -0.0688. The molecule has 0 radical (unpaired) electrons. The molecule has 4 bridgehead atoms. The first-order valence-electron chi connectivity index (χ1n) is 13.6. The molecule has 4 saturated carbocycles. The molecule has 2 N–H and O–H groups in total. The van der Waals surface area contributed by atoms with Gasteiger partial charge in [-0.05, 0) is 92.4 Å². The number of rotatable bonds is 7. The number of hydrogen-bond donors (Lipinski definition) is 2. The summed E-state index contributed by atoms with van der Waals surface area (Å²) < 4.78 is 11.7. The van der Waals surface area contributed by atoms with Crippen molar-refractivity contribution < 1.29 is 14.3 Å². The maximum atomic E-state index is 13.2. The molecule has 1 amide bonds. The molecular weight excluding hydrogens is 482 g/mol. The highest BCUT2D eigenvalue weighted by Crippen LogP contribution is 2.61. The van der Waals surface area contributed by atoms with Gasteiger partial charge in [0, 0.05) is 17.7 Å². The average Bonchev–Trinajstić information content (AvgIpc) is 2.90. The third-order valence-corrected chi connectivity index (χ3v) is 9.39. The molecule has 38 heavy (non-hydrogen) atoms. The molecule has 1 atom stereocenters. The fraction of sp³-hybridized carbons (Fsp3) is 0.500. The summed E-state index contributed by atoms with van der Waals surface area (Å²) >= 11 is 0. The number of H-pyrrole nitrogens is 1. The van der Waals surface area contributed by atoms with Crippen molar-refractivity contribution in [2.45, 2.75) is 58.0 Å². The second kappa shape index (κ2) is 9.33. The van der Waals surface area contributed by atoms with E-state index in [4.69, 9.17) is 9.47 Å². The zero-order valence-electron chi connectivity index (χ0n) is 22.2. The highest BCUT2D eigenvalue weighted by molar-refractivity contribution is 5.94. The van der Waals surface area contributed by atoms with Gasteiger partial charge in [-0.3, -0.25) is 14.2 Å². The minimum absolute atomic E-state index is 0.0680. The van der Waals surface area contributed by atoms with E-state index in [1.807, 2.05) is 0 Å². The van der Waals surface area contributed by atoms with Crippen LogP contribution in [0.2, 0.25) is 0 Å². The van der Waals surface area contributed by atoms with Gasteiger partial charge in [0.1, 0.15) is 0 Å². The number of fused-ring (bicyclic) bond motifs is 1. The topological polar surface area (TPSA) is 102 Å². The molecule has 4 fully saturated rings. The van der Waals surface area contributed by atoms with E-state index in [9.17, 15) is 14.4 Å². The molecule has 7 rings (SSSR count). The predicted molar refractivity (Wildman–Crippen MR) is 145 cm³/mol. The Labute approximate surface area is 221 Å². The summed E-state index contributed by atoms with van der Waals surface area (Å²) in [6, 6.07) is 10.4. The molecule has 200 valence electrons. The van der Waals surface area contributed by atoms with Crippen molar-refractivity contribution in [1.29, 1.82) is 0 Å². The number of carbonyl (C=O) groups is 1. The normalized spacial score (nSPS) is 26.3. The number of hydrogen-bond acceptors (Lipinski definition) is 5. The van der Waals surface area contributed by atoms with E-state index in [0.717, 1.165) is 27.9 Å². The lowest BCUT2D eigenvalue weighted by Gasteiger charge is -2.59. The molecule has 4 aliphatic rings. The second-order valence-electron chi connectivity index (χ2n) is 11.7. The van der Waals surface area contributed by atoms with Crippen LogP contribution in [0.25, 0.3) is 10.9 Å². The summed E-state index contributed by atoms with van der Waals surface area (Å²) in [6.07, 6.45) is 7.87. The van der Waals surface area contributed by atoms with Gasteiger partial charge in [0.25, 0.3) is 11.5 Å². The SMILES string of the molecule is COc1cc2[nH]c(=O)n(Cc3ccc(C(=O)NC(C)C45CC6CC(CC(C6)C4)C5)cc3)c(=O)c2cc1OC. The van der Waals surface area contributed by atoms with Gasteiger partial charge in [0.15, 0.2) is 11.5 Å². The summed E-state index contributed by atoms with van der Waals surface area (Å²) in [4.78, 5) is 41.8. The smallest absolute Gasteiger partial charge is 0.329 e. The van der Waals surface area contributed by atoms with Crippen LogP contribution in [0.3, 0.4) is 0 Å². The van der Waals surface area contributed by atoms with Crippen LogP contribution < -0.4 is 26.0 Å². The minimum atomic E-state index is -0.513. The molecule has 4 aliphatic carbocycles. The van der Waals surface area contributed by atoms with Gasteiger partial charge in [-0.2, -0.15) is 0 Å². The van der Waals surface area contributed by atoms with Crippen LogP contribution in [-0.2, 0) is 6.54 Å². The monoisotopic (exact) mass is 517 g/mol. The number of benzene rings is 2. The molecule has 1 aromatic heterocycles. The predicted octanol–water partition coefficient (Wildman–Crippen LogP) is 4.09. The van der Waals surface area contributed by atoms with Crippen molar-refractivity contribution >= 4 is 16.8 Å². The summed E-state index contributed by atoms with van der Waals surface area (Å²) in [6.45, 7) is 2.27. The van der Waals surface area contributed by atoms with Crippen LogP contribution in [0.4, 0.5) is 0 Å². The number of ether oxygens (including phenoxy) is 2. The highest BCUT2D eigenvalue weighted by atomic mass is 16.5. The molecular formula is C30H35N3O5. The quantitative estimate of drug-likeness (QED) is 0.492. The first kappa shape index (κ1) is 24.8. The zero-order chi connectivity index (χ0) is 26.6. The average molecular weight is 518 g/mol. The van der Waals surface area contributed by atoms with Crippen LogP contribution in [0, 0.1) is 23.2 Å². The molecule has 0 saturated heterocycles. The Morgan fingerprint density at radius 2 is 1.58 bits per heavy atom. The maximum Gasteiger partial charge on any atom is 0.329 e. The van der Waals surface area contributed by atoms with Crippen molar-refractivity contribution in [3.05, 3.63) is 68.4 Å². The minimum Gasteiger partial charge on any atom is -0.493 e. The van der Waals surface area contributed by atoms with Crippen molar-refractivity contribution in [1.82, 2.24) is 14.9 Å². The van der Waals surface area contributed by atoms with Crippen LogP contribution >= 0.6 is 0 Å². The molecule has 8 heteroatoms. The van der Waals surface area contributed by atoms with E-state index in [-0.39, 0.29) is 23.9 Å². The van der Waals surface area contributed by atoms with Crippen molar-refractivity contribution in [3.63, 3.8) is 0 Å². The Hall–Kier alpha value is -3.55. The summed E-state index contributed by atoms with van der Waals surface area (Å²) in [5.74, 6) is 3.29. The Balaban J connectivity index is 1.18. The second-order valence-corrected chi connectivity index (χ2v) is 11.7. The Morgan fingerprint density at radius 3 is 2.16 bits per heavy atom. The maximum absolute atomic E-state index is 13.2. The van der Waals surface area contributed by atoms with Gasteiger partial charge >= 0.3 is 5.69 Å². The van der Waals surface area contributed by atoms with Crippen molar-refractivity contribution in [3.8, 4) is 11.5 Å². The molecule has 0 aliphatic heterocycles. The standard InChI is InChI=1S/C30H35N3O5/c1-17(30-13-19-8-20(14-30)10-21(9-19)15-30)31-27(34)22-6-4-18(5-7-22)16-33-28(35)23-11-25(37-2)26(38-3)12-24(23)32-29(33)36/h4-7,11-12,17,19-21H,8-10,13-16H2,1-3H3,(H,31,34)(H,32,36). The van der Waals surface area contributed by atoms with Gasteiger partial charge < -0.3 is 19.8 Å². The van der Waals surface area contributed by atoms with E-state index >= 15 is 0 Å². The number of amides is 1. The van der Waals surface area contributed by atoms with Gasteiger partial charge in [0.05, 0.1) is 31.7 Å². The molecule has 8 nitrogen and oxygen atoms in total. The van der Waals surface area contributed by atoms with E-state index < -0.39 is 11.2 Å². The number of nitrogens with one attached hydrogen (secondary N) is 2. The Morgan fingerprint density at radius 1 is 1.00 bits per heavy atom. The number of aromatic amines is 1. The Bertz CT molecular complexity index is 1470. The number of methoxy groups -OCH3 is 2. The lowest BCUT2D eigenvalue weighted by Crippen LogP contribution is -2.55. The van der Waals surface area contributed by atoms with Crippen LogP contribution in [-0.4, -0.2) is 35.7 Å². The number of aromatic nitrogens is 2. The van der Waals surface area contributed by atoms with Gasteiger partial charge in [-0.25, -0.2) is 4.79 Å². The Kier molecular flexibility index (Phi) is 6.08. The highest BCUT2D eigenvalue weighted by Gasteiger charge is 2.53. The molecule has 0 spiro atoms. The summed E-state index contributed by atoms with van der Waals surface area (Å²) in [5, 5.41) is 3.64. The third kappa shape index (κ3) is 4.20. The van der Waals surface area contributed by atoms with Crippen LogP contribution in [0.1, 0.15) is 61.4 Å². The first-order chi connectivity index (χ1) is 18.3. The fourth-order valence-electron chi connectivity index (χ4n) is 7.81. The molecule has 3 aromatic rings. The van der Waals surface area contributed by atoms with Crippen molar-refractivity contribution in [2.24, 2.45) is 23.2 Å². The zero-order valence-corrected chi connectivity index (χ0v) is 22.2. The van der Waals surface area contributed by atoms with E-state index in [1.54, 1.807) is 36.4 Å². The van der Waals surface area contributed by atoms with Crippen LogP contribution in [0.15, 0.2) is 46.0 Å². The molecule has 2 aromatic carbocycles. The fourth-order valence-corrected chi connectivity index (χ4v) is 7.81. The summed E-state index contributed by atoms with van der Waals surface area (Å²) in [5.41, 5.74) is 1.03. The van der Waals surface area contributed by atoms with E-state index in [2.05, 4.69) is 17.2 Å². The number of nitrogens with zero attached hydrogens (tertiary/aromatic N) is 1. The lowest BCUT2D eigenvalue weighted by atomic mass is 9.48. The van der Waals surface area contributed by atoms with Crippen molar-refractivity contribution in [2.75, 3.05) is 14.2 Å². The third-order valence-electron chi connectivity index (χ3n) is 9.39. The van der Waals surface area contributed by atoms with Gasteiger partial charge in [0.2, 0.25) is 0 Å². The number of carbonyl (C=O) groups excluding carboxylic acids is 1. The van der Waals surface area contributed by atoms with Crippen LogP contribution in [0.5, 0.6) is 11.5 Å². The van der Waals surface area contributed by atoms with Gasteiger partial charge in [-0.15, -0.1) is 0 Å². The summed E-state index contributed by atoms with van der Waals surface area (Å²) in [7, 11) is 2.99. The molecule has 1 heterocycles. The largest absolute Gasteiger partial charge is 0.493 e. The van der Waals surface area contributed by atoms with Gasteiger partial charge in [-0.1, -0.05) is 12.1 Å². The molecule has 1 unspecified atom stereocenters. The first-order valence-corrected chi connectivity index (χ1v) is 13.6.